The highest BCUT2D eigenvalue weighted by atomic mass is 16.5. The molecule has 1 rings (SSSR count). The molecule has 0 saturated heterocycles. The number of rotatable bonds is 7. The predicted octanol–water partition coefficient (Wildman–Crippen LogP) is 1.26. The molecule has 130 valence electrons. The number of aliphatic imine (C=N–C) groups is 1. The first-order valence-electron chi connectivity index (χ1n) is 7.10. The van der Waals surface area contributed by atoms with Crippen molar-refractivity contribution in [3.8, 4) is 5.75 Å². The van der Waals surface area contributed by atoms with E-state index in [-0.39, 0.29) is 30.1 Å². The van der Waals surface area contributed by atoms with Crippen LogP contribution in [0.4, 0.5) is 0 Å². The van der Waals surface area contributed by atoms with Crippen LogP contribution in [-0.4, -0.2) is 47.5 Å². The highest BCUT2D eigenvalue weighted by Gasteiger charge is 2.50. The fourth-order valence-corrected chi connectivity index (χ4v) is 2.03. The summed E-state index contributed by atoms with van der Waals surface area (Å²) >= 11 is 0. The first-order chi connectivity index (χ1) is 11.3. The van der Waals surface area contributed by atoms with Crippen LogP contribution < -0.4 is 0 Å². The Hall–Kier alpha value is -2.90. The number of benzene rings is 1. The molecular weight excluding hydrogens is 318 g/mol. The molecule has 2 N–H and O–H groups in total. The van der Waals surface area contributed by atoms with Crippen molar-refractivity contribution in [3.63, 3.8) is 0 Å². The number of hydrogen-bond donors (Lipinski definition) is 2. The number of nitrogens with zero attached hydrogens (tertiary/aromatic N) is 1. The lowest BCUT2D eigenvalue weighted by Crippen LogP contribution is -2.44. The second-order valence-electron chi connectivity index (χ2n) is 4.88. The molecule has 0 aromatic heterocycles. The third-order valence-electron chi connectivity index (χ3n) is 3.15. The number of carbonyl (C=O) groups is 3. The molecule has 0 amide bonds. The molecule has 0 bridgehead atoms. The summed E-state index contributed by atoms with van der Waals surface area (Å²) in [5, 5.41) is 19.1. The number of aromatic hydroxyl groups is 1. The fraction of sp³-hybridized carbons (Fsp3) is 0.375. The number of methoxy groups -OCH3 is 1. The Morgan fingerprint density at radius 1 is 1.21 bits per heavy atom. The molecule has 24 heavy (non-hydrogen) atoms. The van der Waals surface area contributed by atoms with E-state index in [2.05, 4.69) is 9.73 Å². The maximum atomic E-state index is 12.4. The molecule has 1 aromatic carbocycles. The third kappa shape index (κ3) is 4.09. The molecule has 1 atom stereocenters. The van der Waals surface area contributed by atoms with E-state index >= 15 is 0 Å². The van der Waals surface area contributed by atoms with Crippen LogP contribution in [0.2, 0.25) is 0 Å². The van der Waals surface area contributed by atoms with Gasteiger partial charge in [0.1, 0.15) is 5.75 Å². The van der Waals surface area contributed by atoms with Gasteiger partial charge in [-0.05, 0) is 26.0 Å². The number of hydrogen-bond acceptors (Lipinski definition) is 7. The summed E-state index contributed by atoms with van der Waals surface area (Å²) < 4.78 is 9.39. The van der Waals surface area contributed by atoms with Crippen molar-refractivity contribution in [2.45, 2.75) is 25.8 Å². The van der Waals surface area contributed by atoms with Gasteiger partial charge in [0.25, 0.3) is 5.54 Å². The average molecular weight is 337 g/mol. The zero-order valence-electron chi connectivity index (χ0n) is 13.6. The average Bonchev–Trinajstić information content (AvgIpc) is 2.53. The summed E-state index contributed by atoms with van der Waals surface area (Å²) in [5.41, 5.74) is -2.29. The van der Waals surface area contributed by atoms with E-state index in [0.29, 0.717) is 0 Å². The number of phenols is 1. The Morgan fingerprint density at radius 2 is 1.79 bits per heavy atom. The maximum Gasteiger partial charge on any atom is 0.350 e. The van der Waals surface area contributed by atoms with Gasteiger partial charge in [-0.15, -0.1) is 0 Å². The van der Waals surface area contributed by atoms with Crippen LogP contribution >= 0.6 is 0 Å². The maximum absolute atomic E-state index is 12.4. The molecule has 1 unspecified atom stereocenters. The van der Waals surface area contributed by atoms with Crippen molar-refractivity contribution in [1.82, 2.24) is 0 Å². The number of ether oxygens (including phenoxy) is 2. The Bertz CT molecular complexity index is 651. The van der Waals surface area contributed by atoms with Gasteiger partial charge in [0.2, 0.25) is 0 Å². The summed E-state index contributed by atoms with van der Waals surface area (Å²) in [6.45, 7) is 2.90. The minimum Gasteiger partial charge on any atom is -0.508 e. The van der Waals surface area contributed by atoms with Crippen LogP contribution in [0.3, 0.4) is 0 Å². The van der Waals surface area contributed by atoms with E-state index in [1.54, 1.807) is 0 Å². The highest BCUT2D eigenvalue weighted by molar-refractivity contribution is 6.08. The van der Waals surface area contributed by atoms with E-state index in [1.165, 1.54) is 45.2 Å². The van der Waals surface area contributed by atoms with Crippen molar-refractivity contribution in [2.24, 2.45) is 4.99 Å². The number of phenolic OH excluding ortho intramolecular Hbond substituents is 1. The van der Waals surface area contributed by atoms with Crippen molar-refractivity contribution < 1.29 is 34.1 Å². The summed E-state index contributed by atoms with van der Waals surface area (Å²) in [6, 6.07) is 4.99. The van der Waals surface area contributed by atoms with Crippen LogP contribution in [0.15, 0.2) is 29.3 Å². The second-order valence-corrected chi connectivity index (χ2v) is 4.88. The fourth-order valence-electron chi connectivity index (χ4n) is 2.03. The van der Waals surface area contributed by atoms with E-state index < -0.39 is 23.4 Å². The lowest BCUT2D eigenvalue weighted by molar-refractivity contribution is -0.161. The van der Waals surface area contributed by atoms with Gasteiger partial charge in [-0.3, -0.25) is 9.79 Å². The Balaban J connectivity index is 3.50. The van der Waals surface area contributed by atoms with Crippen LogP contribution in [0.25, 0.3) is 0 Å². The molecule has 0 heterocycles. The van der Waals surface area contributed by atoms with Gasteiger partial charge in [0.15, 0.2) is 0 Å². The molecule has 1 aromatic rings. The van der Waals surface area contributed by atoms with Gasteiger partial charge >= 0.3 is 17.9 Å². The number of carbonyl (C=O) groups excluding carboxylic acids is 2. The Labute approximate surface area is 138 Å². The van der Waals surface area contributed by atoms with Crippen LogP contribution in [-0.2, 0) is 29.4 Å². The summed E-state index contributed by atoms with van der Waals surface area (Å²) in [4.78, 5) is 39.7. The monoisotopic (exact) mass is 337 g/mol. The number of carboxylic acids is 1. The number of aliphatic carboxylic acids is 1. The SMILES string of the molecule is CCOC(=O)C(N=C(C)CC(=O)OC)(C(=O)O)c1ccc(O)cc1. The van der Waals surface area contributed by atoms with Gasteiger partial charge in [-0.25, -0.2) is 9.59 Å². The molecule has 8 nitrogen and oxygen atoms in total. The van der Waals surface area contributed by atoms with Gasteiger partial charge < -0.3 is 19.7 Å². The quantitative estimate of drug-likeness (QED) is 0.436. The molecular formula is C16H19NO7. The standard InChI is InChI=1S/C16H19NO7/c1-4-24-15(22)16(14(20)21,11-5-7-12(18)8-6-11)17-10(2)9-13(19)23-3/h5-8,18H,4,9H2,1-3H3,(H,20,21). The van der Waals surface area contributed by atoms with Crippen molar-refractivity contribution in [1.29, 1.82) is 0 Å². The van der Waals surface area contributed by atoms with Crippen LogP contribution in [0, 0.1) is 0 Å². The van der Waals surface area contributed by atoms with Gasteiger partial charge in [-0.2, -0.15) is 0 Å². The lowest BCUT2D eigenvalue weighted by atomic mass is 9.90. The van der Waals surface area contributed by atoms with E-state index in [0.717, 1.165) is 0 Å². The molecule has 0 spiro atoms. The van der Waals surface area contributed by atoms with E-state index in [4.69, 9.17) is 4.74 Å². The highest BCUT2D eigenvalue weighted by Crippen LogP contribution is 2.30. The molecule has 8 heteroatoms. The van der Waals surface area contributed by atoms with Crippen molar-refractivity contribution in [3.05, 3.63) is 29.8 Å². The topological polar surface area (TPSA) is 122 Å². The van der Waals surface area contributed by atoms with Gasteiger partial charge in [-0.1, -0.05) is 12.1 Å². The third-order valence-corrected chi connectivity index (χ3v) is 3.15. The van der Waals surface area contributed by atoms with Crippen LogP contribution in [0.5, 0.6) is 5.75 Å². The molecule has 0 aliphatic heterocycles. The number of esters is 2. The molecule has 0 saturated carbocycles. The Morgan fingerprint density at radius 3 is 2.25 bits per heavy atom. The first kappa shape index (κ1) is 19.1. The minimum absolute atomic E-state index is 0.00420. The summed E-state index contributed by atoms with van der Waals surface area (Å²) in [6.07, 6.45) is -0.275. The lowest BCUT2D eigenvalue weighted by Gasteiger charge is -2.24. The second kappa shape index (κ2) is 8.09. The molecule has 0 radical (unpaired) electrons. The molecule has 0 aliphatic carbocycles. The number of carboxylic acid groups (broad SMARTS) is 1. The summed E-state index contributed by atoms with van der Waals surface area (Å²) in [7, 11) is 1.19. The van der Waals surface area contributed by atoms with Crippen molar-refractivity contribution in [2.75, 3.05) is 13.7 Å². The van der Waals surface area contributed by atoms with Crippen molar-refractivity contribution >= 4 is 23.6 Å². The van der Waals surface area contributed by atoms with Crippen LogP contribution in [0.1, 0.15) is 25.8 Å². The molecule has 0 fully saturated rings. The van der Waals surface area contributed by atoms with Gasteiger partial charge in [0.05, 0.1) is 20.1 Å². The summed E-state index contributed by atoms with van der Waals surface area (Å²) in [5.74, 6) is -3.37. The zero-order chi connectivity index (χ0) is 18.3. The largest absolute Gasteiger partial charge is 0.508 e. The predicted molar refractivity (Wildman–Crippen MR) is 83.8 cm³/mol. The smallest absolute Gasteiger partial charge is 0.350 e. The minimum atomic E-state index is -2.37. The van der Waals surface area contributed by atoms with E-state index in [1.807, 2.05) is 0 Å². The zero-order valence-corrected chi connectivity index (χ0v) is 13.6. The van der Waals surface area contributed by atoms with Gasteiger partial charge in [0, 0.05) is 11.3 Å². The van der Waals surface area contributed by atoms with E-state index in [9.17, 15) is 24.6 Å². The molecule has 0 aliphatic rings. The first-order valence-corrected chi connectivity index (χ1v) is 7.10. The Kier molecular flexibility index (Phi) is 6.46. The normalized spacial score (nSPS) is 13.7.